The number of aromatic amines is 1. The van der Waals surface area contributed by atoms with Gasteiger partial charge in [-0.1, -0.05) is 20.3 Å². The molecule has 1 heterocycles. The summed E-state index contributed by atoms with van der Waals surface area (Å²) >= 11 is 0. The Morgan fingerprint density at radius 3 is 2.78 bits per heavy atom. The van der Waals surface area contributed by atoms with Crippen LogP contribution in [0.3, 0.4) is 0 Å². The molecule has 0 saturated heterocycles. The van der Waals surface area contributed by atoms with Crippen molar-refractivity contribution in [3.05, 3.63) is 11.6 Å². The Bertz CT molecular complexity index is 387. The number of nitrogens with zero attached hydrogens (tertiary/aromatic N) is 2. The summed E-state index contributed by atoms with van der Waals surface area (Å²) in [7, 11) is 0. The molecule has 0 spiro atoms. The number of H-pyrrole nitrogens is 1. The SMILES string of the molecule is CCCc1nc(C(=O)NCC(C)(O)CCC)n[nH]1. The van der Waals surface area contributed by atoms with Crippen LogP contribution in [0.15, 0.2) is 0 Å². The molecule has 0 fully saturated rings. The van der Waals surface area contributed by atoms with Crippen LogP contribution in [-0.4, -0.2) is 38.3 Å². The Morgan fingerprint density at radius 2 is 2.17 bits per heavy atom. The number of amides is 1. The van der Waals surface area contributed by atoms with Crippen molar-refractivity contribution >= 4 is 5.91 Å². The molecule has 18 heavy (non-hydrogen) atoms. The van der Waals surface area contributed by atoms with Crippen molar-refractivity contribution in [1.29, 1.82) is 0 Å². The third-order valence-electron chi connectivity index (χ3n) is 2.64. The van der Waals surface area contributed by atoms with E-state index < -0.39 is 5.60 Å². The maximum Gasteiger partial charge on any atom is 0.291 e. The van der Waals surface area contributed by atoms with Gasteiger partial charge in [-0.25, -0.2) is 4.98 Å². The lowest BCUT2D eigenvalue weighted by Crippen LogP contribution is -2.40. The Labute approximate surface area is 107 Å². The van der Waals surface area contributed by atoms with Gasteiger partial charge in [0, 0.05) is 13.0 Å². The van der Waals surface area contributed by atoms with E-state index in [0.29, 0.717) is 12.2 Å². The van der Waals surface area contributed by atoms with E-state index in [1.54, 1.807) is 6.92 Å². The van der Waals surface area contributed by atoms with Crippen molar-refractivity contribution in [3.8, 4) is 0 Å². The van der Waals surface area contributed by atoms with Gasteiger partial charge >= 0.3 is 0 Å². The first-order chi connectivity index (χ1) is 8.48. The minimum Gasteiger partial charge on any atom is -0.388 e. The van der Waals surface area contributed by atoms with Gasteiger partial charge < -0.3 is 10.4 Å². The lowest BCUT2D eigenvalue weighted by Gasteiger charge is -2.22. The molecule has 6 nitrogen and oxygen atoms in total. The molecule has 1 aromatic heterocycles. The zero-order valence-corrected chi connectivity index (χ0v) is 11.3. The Hall–Kier alpha value is -1.43. The quantitative estimate of drug-likeness (QED) is 0.678. The monoisotopic (exact) mass is 254 g/mol. The highest BCUT2D eigenvalue weighted by molar-refractivity contribution is 5.90. The number of hydrogen-bond donors (Lipinski definition) is 3. The predicted octanol–water partition coefficient (Wildman–Crippen LogP) is 1.04. The number of aryl methyl sites for hydroxylation is 1. The topological polar surface area (TPSA) is 90.9 Å². The molecule has 1 unspecified atom stereocenters. The van der Waals surface area contributed by atoms with Crippen molar-refractivity contribution in [3.63, 3.8) is 0 Å². The summed E-state index contributed by atoms with van der Waals surface area (Å²) in [6, 6.07) is 0. The Kier molecular flexibility index (Phi) is 5.27. The molecule has 3 N–H and O–H groups in total. The minimum atomic E-state index is -0.882. The molecule has 0 aliphatic rings. The summed E-state index contributed by atoms with van der Waals surface area (Å²) in [5, 5.41) is 19.2. The van der Waals surface area contributed by atoms with E-state index in [0.717, 1.165) is 19.3 Å². The number of aliphatic hydroxyl groups is 1. The van der Waals surface area contributed by atoms with Crippen molar-refractivity contribution in [2.24, 2.45) is 0 Å². The standard InChI is InChI=1S/C12H22N4O2/c1-4-6-9-14-10(16-15-9)11(17)13-8-12(3,18)7-5-2/h18H,4-8H2,1-3H3,(H,13,17)(H,14,15,16). The van der Waals surface area contributed by atoms with Crippen LogP contribution in [0.5, 0.6) is 0 Å². The first kappa shape index (κ1) is 14.6. The summed E-state index contributed by atoms with van der Waals surface area (Å²) in [6.07, 6.45) is 3.22. The normalized spacial score (nSPS) is 14.2. The van der Waals surface area contributed by atoms with Gasteiger partial charge in [-0.3, -0.25) is 9.89 Å². The second kappa shape index (κ2) is 6.49. The fraction of sp³-hybridized carbons (Fsp3) is 0.750. The fourth-order valence-electron chi connectivity index (χ4n) is 1.72. The first-order valence-electron chi connectivity index (χ1n) is 6.40. The Balaban J connectivity index is 2.49. The predicted molar refractivity (Wildman–Crippen MR) is 68.2 cm³/mol. The van der Waals surface area contributed by atoms with Gasteiger partial charge in [0.2, 0.25) is 5.82 Å². The molecular formula is C12H22N4O2. The number of nitrogens with one attached hydrogen (secondary N) is 2. The molecule has 6 heteroatoms. The number of aromatic nitrogens is 3. The maximum absolute atomic E-state index is 11.7. The van der Waals surface area contributed by atoms with Crippen molar-refractivity contribution < 1.29 is 9.90 Å². The van der Waals surface area contributed by atoms with Crippen LogP contribution in [0.4, 0.5) is 0 Å². The van der Waals surface area contributed by atoms with E-state index in [4.69, 9.17) is 0 Å². The highest BCUT2D eigenvalue weighted by Gasteiger charge is 2.21. The largest absolute Gasteiger partial charge is 0.388 e. The second-order valence-electron chi connectivity index (χ2n) is 4.79. The average Bonchev–Trinajstić information content (AvgIpc) is 2.75. The number of rotatable bonds is 7. The van der Waals surface area contributed by atoms with E-state index in [1.807, 2.05) is 13.8 Å². The average molecular weight is 254 g/mol. The van der Waals surface area contributed by atoms with Gasteiger partial charge in [-0.05, 0) is 19.8 Å². The zero-order chi connectivity index (χ0) is 13.6. The molecule has 0 aliphatic heterocycles. The molecule has 0 aliphatic carbocycles. The number of carbonyl (C=O) groups excluding carboxylic acids is 1. The van der Waals surface area contributed by atoms with Crippen LogP contribution in [0.2, 0.25) is 0 Å². The van der Waals surface area contributed by atoms with E-state index in [9.17, 15) is 9.90 Å². The van der Waals surface area contributed by atoms with E-state index in [1.165, 1.54) is 0 Å². The molecular weight excluding hydrogens is 232 g/mol. The van der Waals surface area contributed by atoms with Gasteiger partial charge in [-0.15, -0.1) is 5.10 Å². The van der Waals surface area contributed by atoms with Crippen LogP contribution in [-0.2, 0) is 6.42 Å². The maximum atomic E-state index is 11.7. The summed E-state index contributed by atoms with van der Waals surface area (Å²) < 4.78 is 0. The number of carbonyl (C=O) groups is 1. The van der Waals surface area contributed by atoms with Crippen molar-refractivity contribution in [1.82, 2.24) is 20.5 Å². The molecule has 0 radical (unpaired) electrons. The molecule has 0 aromatic carbocycles. The summed E-state index contributed by atoms with van der Waals surface area (Å²) in [4.78, 5) is 15.8. The van der Waals surface area contributed by atoms with Gasteiger partial charge in [-0.2, -0.15) is 0 Å². The highest BCUT2D eigenvalue weighted by Crippen LogP contribution is 2.10. The Morgan fingerprint density at radius 1 is 1.44 bits per heavy atom. The molecule has 1 aromatic rings. The smallest absolute Gasteiger partial charge is 0.291 e. The lowest BCUT2D eigenvalue weighted by atomic mass is 10.0. The molecule has 0 bridgehead atoms. The van der Waals surface area contributed by atoms with E-state index in [2.05, 4.69) is 20.5 Å². The van der Waals surface area contributed by atoms with Crippen LogP contribution in [0.1, 0.15) is 56.5 Å². The molecule has 1 amide bonds. The molecule has 1 rings (SSSR count). The fourth-order valence-corrected chi connectivity index (χ4v) is 1.72. The summed E-state index contributed by atoms with van der Waals surface area (Å²) in [6.45, 7) is 5.93. The van der Waals surface area contributed by atoms with E-state index >= 15 is 0 Å². The molecule has 0 saturated carbocycles. The van der Waals surface area contributed by atoms with Gasteiger partial charge in [0.05, 0.1) is 5.60 Å². The van der Waals surface area contributed by atoms with Gasteiger partial charge in [0.25, 0.3) is 5.91 Å². The van der Waals surface area contributed by atoms with E-state index in [-0.39, 0.29) is 18.3 Å². The minimum absolute atomic E-state index is 0.130. The van der Waals surface area contributed by atoms with Gasteiger partial charge in [0.1, 0.15) is 5.82 Å². The lowest BCUT2D eigenvalue weighted by molar-refractivity contribution is 0.0467. The third-order valence-corrected chi connectivity index (χ3v) is 2.64. The zero-order valence-electron chi connectivity index (χ0n) is 11.3. The van der Waals surface area contributed by atoms with Crippen LogP contribution in [0.25, 0.3) is 0 Å². The molecule has 102 valence electrons. The number of hydrogen-bond acceptors (Lipinski definition) is 4. The van der Waals surface area contributed by atoms with Gasteiger partial charge in [0.15, 0.2) is 0 Å². The van der Waals surface area contributed by atoms with Crippen molar-refractivity contribution in [2.75, 3.05) is 6.54 Å². The first-order valence-corrected chi connectivity index (χ1v) is 6.40. The van der Waals surface area contributed by atoms with Crippen LogP contribution < -0.4 is 5.32 Å². The van der Waals surface area contributed by atoms with Crippen LogP contribution >= 0.6 is 0 Å². The third kappa shape index (κ3) is 4.44. The van der Waals surface area contributed by atoms with Crippen LogP contribution in [0, 0.1) is 0 Å². The van der Waals surface area contributed by atoms with Crippen molar-refractivity contribution in [2.45, 2.75) is 52.1 Å². The summed E-state index contributed by atoms with van der Waals surface area (Å²) in [5.41, 5.74) is -0.882. The summed E-state index contributed by atoms with van der Waals surface area (Å²) in [5.74, 6) is 0.485. The highest BCUT2D eigenvalue weighted by atomic mass is 16.3. The molecule has 1 atom stereocenters. The second-order valence-corrected chi connectivity index (χ2v) is 4.79.